The van der Waals surface area contributed by atoms with Crippen LogP contribution >= 0.6 is 0 Å². The molecule has 0 bridgehead atoms. The van der Waals surface area contributed by atoms with Crippen molar-refractivity contribution in [1.29, 1.82) is 0 Å². The van der Waals surface area contributed by atoms with Gasteiger partial charge in [-0.3, -0.25) is 4.98 Å². The molecule has 0 aliphatic carbocycles. The number of aryl methyl sites for hydroxylation is 1. The summed E-state index contributed by atoms with van der Waals surface area (Å²) < 4.78 is 6.80. The molecule has 0 N–H and O–H groups in total. The molecule has 0 saturated heterocycles. The van der Waals surface area contributed by atoms with Gasteiger partial charge in [-0.1, -0.05) is 12.1 Å². The Morgan fingerprint density at radius 1 is 1.24 bits per heavy atom. The van der Waals surface area contributed by atoms with Crippen molar-refractivity contribution in [3.63, 3.8) is 0 Å². The second-order valence-corrected chi connectivity index (χ2v) is 4.80. The van der Waals surface area contributed by atoms with Gasteiger partial charge >= 0.3 is 5.97 Å². The summed E-state index contributed by atoms with van der Waals surface area (Å²) in [7, 11) is 1.38. The minimum Gasteiger partial charge on any atom is -0.465 e. The van der Waals surface area contributed by atoms with Gasteiger partial charge in [-0.2, -0.15) is 0 Å². The first kappa shape index (κ1) is 13.3. The van der Waals surface area contributed by atoms with Crippen LogP contribution < -0.4 is 0 Å². The quantitative estimate of drug-likeness (QED) is 0.692. The van der Waals surface area contributed by atoms with E-state index in [1.54, 1.807) is 18.3 Å². The summed E-state index contributed by atoms with van der Waals surface area (Å²) in [4.78, 5) is 20.1. The number of ether oxygens (including phenoxy) is 1. The summed E-state index contributed by atoms with van der Waals surface area (Å²) in [5, 5.41) is 0. The molecule has 0 unspecified atom stereocenters. The van der Waals surface area contributed by atoms with E-state index in [-0.39, 0.29) is 5.97 Å². The number of imidazole rings is 1. The van der Waals surface area contributed by atoms with Crippen LogP contribution in [0.25, 0.3) is 11.0 Å². The minimum atomic E-state index is -0.324. The maximum Gasteiger partial charge on any atom is 0.337 e. The summed E-state index contributed by atoms with van der Waals surface area (Å²) in [5.41, 5.74) is 3.59. The van der Waals surface area contributed by atoms with E-state index in [0.717, 1.165) is 22.4 Å². The predicted octanol–water partition coefficient (Wildman–Crippen LogP) is 2.57. The van der Waals surface area contributed by atoms with Gasteiger partial charge in [0.2, 0.25) is 0 Å². The van der Waals surface area contributed by atoms with Crippen LogP contribution in [-0.4, -0.2) is 27.6 Å². The molecule has 5 heteroatoms. The van der Waals surface area contributed by atoms with Crippen molar-refractivity contribution in [3.8, 4) is 0 Å². The number of methoxy groups -OCH3 is 1. The lowest BCUT2D eigenvalue weighted by Gasteiger charge is -2.07. The van der Waals surface area contributed by atoms with Crippen LogP contribution in [0.5, 0.6) is 0 Å². The first-order valence-corrected chi connectivity index (χ1v) is 6.63. The number of pyridine rings is 1. The average molecular weight is 281 g/mol. The van der Waals surface area contributed by atoms with Crippen LogP contribution in [0.4, 0.5) is 0 Å². The lowest BCUT2D eigenvalue weighted by molar-refractivity contribution is 0.0600. The molecule has 0 aliphatic heterocycles. The molecule has 3 rings (SSSR count). The third-order valence-corrected chi connectivity index (χ3v) is 3.46. The SMILES string of the molecule is COC(=O)c1ccc(Cn2c(C)nc3ccncc32)cc1. The lowest BCUT2D eigenvalue weighted by atomic mass is 10.1. The molecule has 2 heterocycles. The average Bonchev–Trinajstić information content (AvgIpc) is 2.83. The summed E-state index contributed by atoms with van der Waals surface area (Å²) in [5.74, 6) is 0.616. The topological polar surface area (TPSA) is 57.0 Å². The number of esters is 1. The Morgan fingerprint density at radius 2 is 2.00 bits per heavy atom. The van der Waals surface area contributed by atoms with E-state index >= 15 is 0 Å². The zero-order valence-corrected chi connectivity index (χ0v) is 11.9. The van der Waals surface area contributed by atoms with Gasteiger partial charge < -0.3 is 9.30 Å². The molecule has 2 aromatic heterocycles. The highest BCUT2D eigenvalue weighted by Gasteiger charge is 2.09. The van der Waals surface area contributed by atoms with Crippen molar-refractivity contribution in [2.45, 2.75) is 13.5 Å². The molecular weight excluding hydrogens is 266 g/mol. The molecule has 0 radical (unpaired) electrons. The van der Waals surface area contributed by atoms with E-state index in [2.05, 4.69) is 14.5 Å². The zero-order valence-electron chi connectivity index (χ0n) is 11.9. The molecule has 5 nitrogen and oxygen atoms in total. The molecule has 106 valence electrons. The molecule has 0 spiro atoms. The number of nitrogens with zero attached hydrogens (tertiary/aromatic N) is 3. The lowest BCUT2D eigenvalue weighted by Crippen LogP contribution is -2.04. The molecule has 0 fully saturated rings. The van der Waals surface area contributed by atoms with E-state index in [9.17, 15) is 4.79 Å². The van der Waals surface area contributed by atoms with Crippen molar-refractivity contribution >= 4 is 17.0 Å². The zero-order chi connectivity index (χ0) is 14.8. The molecule has 0 saturated carbocycles. The second kappa shape index (κ2) is 5.36. The van der Waals surface area contributed by atoms with Crippen molar-refractivity contribution in [3.05, 3.63) is 59.7 Å². The third kappa shape index (κ3) is 2.50. The third-order valence-electron chi connectivity index (χ3n) is 3.46. The number of rotatable bonds is 3. The van der Waals surface area contributed by atoms with Gasteiger partial charge in [0.1, 0.15) is 5.82 Å². The van der Waals surface area contributed by atoms with Crippen LogP contribution in [0, 0.1) is 6.92 Å². The van der Waals surface area contributed by atoms with Gasteiger partial charge in [0.15, 0.2) is 0 Å². The van der Waals surface area contributed by atoms with E-state index in [4.69, 9.17) is 4.74 Å². The Morgan fingerprint density at radius 3 is 2.71 bits per heavy atom. The van der Waals surface area contributed by atoms with Crippen molar-refractivity contribution < 1.29 is 9.53 Å². The Labute approximate surface area is 122 Å². The fourth-order valence-corrected chi connectivity index (χ4v) is 2.34. The van der Waals surface area contributed by atoms with Gasteiger partial charge in [-0.25, -0.2) is 9.78 Å². The minimum absolute atomic E-state index is 0.324. The van der Waals surface area contributed by atoms with Crippen molar-refractivity contribution in [1.82, 2.24) is 14.5 Å². The summed E-state index contributed by atoms with van der Waals surface area (Å²) >= 11 is 0. The molecule has 0 atom stereocenters. The highest BCUT2D eigenvalue weighted by Crippen LogP contribution is 2.16. The van der Waals surface area contributed by atoms with E-state index in [0.29, 0.717) is 12.1 Å². The number of carbonyl (C=O) groups is 1. The largest absolute Gasteiger partial charge is 0.465 e. The fraction of sp³-hybridized carbons (Fsp3) is 0.188. The van der Waals surface area contributed by atoms with Crippen LogP contribution in [0.2, 0.25) is 0 Å². The van der Waals surface area contributed by atoms with Crippen molar-refractivity contribution in [2.75, 3.05) is 7.11 Å². The summed E-state index contributed by atoms with van der Waals surface area (Å²) in [6.07, 6.45) is 3.56. The molecule has 21 heavy (non-hydrogen) atoms. The number of hydrogen-bond acceptors (Lipinski definition) is 4. The predicted molar refractivity (Wildman–Crippen MR) is 79.1 cm³/mol. The second-order valence-electron chi connectivity index (χ2n) is 4.80. The van der Waals surface area contributed by atoms with E-state index < -0.39 is 0 Å². The van der Waals surface area contributed by atoms with Crippen LogP contribution in [0.1, 0.15) is 21.7 Å². The number of fused-ring (bicyclic) bond motifs is 1. The van der Waals surface area contributed by atoms with Gasteiger partial charge in [-0.15, -0.1) is 0 Å². The number of aromatic nitrogens is 3. The maximum atomic E-state index is 11.4. The molecule has 0 amide bonds. The highest BCUT2D eigenvalue weighted by atomic mass is 16.5. The van der Waals surface area contributed by atoms with Gasteiger partial charge in [0.05, 0.1) is 29.9 Å². The molecule has 1 aromatic carbocycles. The Hall–Kier alpha value is -2.69. The number of carbonyl (C=O) groups excluding carboxylic acids is 1. The number of benzene rings is 1. The smallest absolute Gasteiger partial charge is 0.337 e. The Balaban J connectivity index is 1.92. The highest BCUT2D eigenvalue weighted by molar-refractivity contribution is 5.89. The van der Waals surface area contributed by atoms with Gasteiger partial charge in [0.25, 0.3) is 0 Å². The van der Waals surface area contributed by atoms with Crippen LogP contribution in [0.15, 0.2) is 42.7 Å². The first-order chi connectivity index (χ1) is 10.2. The molecule has 0 aliphatic rings. The number of hydrogen-bond donors (Lipinski definition) is 0. The van der Waals surface area contributed by atoms with Crippen molar-refractivity contribution in [2.24, 2.45) is 0 Å². The Bertz CT molecular complexity index is 791. The Kier molecular flexibility index (Phi) is 3.39. The first-order valence-electron chi connectivity index (χ1n) is 6.63. The normalized spacial score (nSPS) is 10.8. The fourth-order valence-electron chi connectivity index (χ4n) is 2.34. The van der Waals surface area contributed by atoms with E-state index in [1.807, 2.05) is 31.3 Å². The standard InChI is InChI=1S/C16H15N3O2/c1-11-18-14-7-8-17-9-15(14)19(11)10-12-3-5-13(6-4-12)16(20)21-2/h3-9H,10H2,1-2H3. The maximum absolute atomic E-state index is 11.4. The molecule has 3 aromatic rings. The van der Waals surface area contributed by atoms with Crippen LogP contribution in [-0.2, 0) is 11.3 Å². The van der Waals surface area contributed by atoms with Gasteiger partial charge in [0, 0.05) is 12.7 Å². The summed E-state index contributed by atoms with van der Waals surface area (Å²) in [6, 6.07) is 9.29. The summed E-state index contributed by atoms with van der Waals surface area (Å²) in [6.45, 7) is 2.66. The monoisotopic (exact) mass is 281 g/mol. The van der Waals surface area contributed by atoms with E-state index in [1.165, 1.54) is 7.11 Å². The van der Waals surface area contributed by atoms with Gasteiger partial charge in [-0.05, 0) is 30.7 Å². The van der Waals surface area contributed by atoms with Crippen LogP contribution in [0.3, 0.4) is 0 Å². The molecular formula is C16H15N3O2.